The number of halogens is 2. The van der Waals surface area contributed by atoms with E-state index in [4.69, 9.17) is 4.18 Å². The van der Waals surface area contributed by atoms with Crippen LogP contribution in [0.25, 0.3) is 20.7 Å². The maximum Gasteiger partial charge on any atom is 0.311 e. The summed E-state index contributed by atoms with van der Waals surface area (Å²) in [6.07, 6.45) is 1.21. The zero-order chi connectivity index (χ0) is 34.7. The molecule has 252 valence electrons. The van der Waals surface area contributed by atoms with Crippen molar-refractivity contribution in [3.05, 3.63) is 118 Å². The standard InChI is InChI=1S/C36H37F2N3O5S2/c1-22(2)35(43)39-26-16-14-25(15-17-26)34-28(19-40(5)18-24-10-7-6-8-11-24)32-33(42)31(46-48(44,45)23(3)4)21-41(36(32)47-34)20-27-29(37)12-9-13-30(27)38/h6-17,21-23H,18-20H2,1-5H3,(H,39,43). The Morgan fingerprint density at radius 3 is 2.17 bits per heavy atom. The van der Waals surface area contributed by atoms with E-state index in [1.165, 1.54) is 42.0 Å². The summed E-state index contributed by atoms with van der Waals surface area (Å²) in [6, 6.07) is 20.5. The lowest BCUT2D eigenvalue weighted by Gasteiger charge is -2.18. The highest BCUT2D eigenvalue weighted by Gasteiger charge is 2.27. The Morgan fingerprint density at radius 1 is 0.917 bits per heavy atom. The molecule has 0 unspecified atom stereocenters. The molecule has 0 radical (unpaired) electrons. The number of nitrogens with one attached hydrogen (secondary N) is 1. The highest BCUT2D eigenvalue weighted by atomic mass is 32.2. The van der Waals surface area contributed by atoms with Crippen LogP contribution in [0.3, 0.4) is 0 Å². The average molecular weight is 694 g/mol. The molecular formula is C36H37F2N3O5S2. The van der Waals surface area contributed by atoms with Crippen LogP contribution >= 0.6 is 11.3 Å². The van der Waals surface area contributed by atoms with Crippen LogP contribution in [0, 0.1) is 17.6 Å². The third-order valence-electron chi connectivity index (χ3n) is 7.81. The molecule has 0 aliphatic heterocycles. The second-order valence-electron chi connectivity index (χ2n) is 12.2. The van der Waals surface area contributed by atoms with E-state index in [0.29, 0.717) is 27.5 Å². The zero-order valence-electron chi connectivity index (χ0n) is 27.3. The second kappa shape index (κ2) is 14.4. The normalized spacial score (nSPS) is 12.0. The van der Waals surface area contributed by atoms with E-state index in [-0.39, 0.29) is 35.9 Å². The summed E-state index contributed by atoms with van der Waals surface area (Å²) in [5.74, 6) is -2.36. The Morgan fingerprint density at radius 2 is 1.56 bits per heavy atom. The molecule has 3 aromatic carbocycles. The summed E-state index contributed by atoms with van der Waals surface area (Å²) < 4.78 is 62.5. The van der Waals surface area contributed by atoms with Gasteiger partial charge in [-0.25, -0.2) is 8.78 Å². The quantitative estimate of drug-likeness (QED) is 0.137. The number of aromatic nitrogens is 1. The number of benzene rings is 3. The van der Waals surface area contributed by atoms with Gasteiger partial charge in [0.2, 0.25) is 17.1 Å². The lowest BCUT2D eigenvalue weighted by molar-refractivity contribution is -0.118. The molecule has 1 N–H and O–H groups in total. The van der Waals surface area contributed by atoms with Gasteiger partial charge in [0.05, 0.1) is 23.4 Å². The van der Waals surface area contributed by atoms with Gasteiger partial charge in [-0.1, -0.05) is 62.4 Å². The summed E-state index contributed by atoms with van der Waals surface area (Å²) in [7, 11) is -2.29. The van der Waals surface area contributed by atoms with Crippen molar-refractivity contribution >= 4 is 43.3 Å². The summed E-state index contributed by atoms with van der Waals surface area (Å²) in [5.41, 5.74) is 2.10. The van der Waals surface area contributed by atoms with Crippen molar-refractivity contribution in [1.82, 2.24) is 9.47 Å². The average Bonchev–Trinajstić information content (AvgIpc) is 3.41. The third kappa shape index (κ3) is 7.67. The maximum atomic E-state index is 14.9. The summed E-state index contributed by atoms with van der Waals surface area (Å²) in [4.78, 5) is 29.6. The first-order valence-corrected chi connectivity index (χ1v) is 17.7. The SMILES string of the molecule is CC(C)C(=O)Nc1ccc(-c2sc3c(c2CN(C)Cc2ccccc2)c(=O)c(OS(=O)(=O)C(C)C)cn3Cc2c(F)cccc2F)cc1. The van der Waals surface area contributed by atoms with Crippen molar-refractivity contribution in [1.29, 1.82) is 0 Å². The second-order valence-corrected chi connectivity index (χ2v) is 15.3. The predicted octanol–water partition coefficient (Wildman–Crippen LogP) is 7.40. The van der Waals surface area contributed by atoms with E-state index in [2.05, 4.69) is 5.32 Å². The molecule has 2 heterocycles. The number of nitrogens with zero attached hydrogens (tertiary/aromatic N) is 2. The molecule has 0 atom stereocenters. The molecule has 5 aromatic rings. The zero-order valence-corrected chi connectivity index (χ0v) is 28.9. The number of carbonyl (C=O) groups excluding carboxylic acids is 1. The maximum absolute atomic E-state index is 14.9. The monoisotopic (exact) mass is 693 g/mol. The van der Waals surface area contributed by atoms with Crippen molar-refractivity contribution in [2.75, 3.05) is 12.4 Å². The number of hydrogen-bond donors (Lipinski definition) is 1. The molecule has 0 saturated heterocycles. The van der Waals surface area contributed by atoms with Gasteiger partial charge in [0, 0.05) is 35.1 Å². The Balaban J connectivity index is 1.73. The lowest BCUT2D eigenvalue weighted by Crippen LogP contribution is -2.24. The number of amides is 1. The fourth-order valence-electron chi connectivity index (χ4n) is 5.12. The highest BCUT2D eigenvalue weighted by molar-refractivity contribution is 7.87. The topological polar surface area (TPSA) is 97.7 Å². The van der Waals surface area contributed by atoms with Gasteiger partial charge in [0.1, 0.15) is 16.5 Å². The van der Waals surface area contributed by atoms with Gasteiger partial charge < -0.3 is 14.1 Å². The molecule has 0 aliphatic rings. The van der Waals surface area contributed by atoms with Crippen molar-refractivity contribution in [2.45, 2.75) is 52.6 Å². The fraction of sp³-hybridized carbons (Fsp3) is 0.278. The Bertz CT molecular complexity index is 2090. The van der Waals surface area contributed by atoms with Crippen LogP contribution in [0.15, 0.2) is 83.8 Å². The first-order valence-electron chi connectivity index (χ1n) is 15.4. The van der Waals surface area contributed by atoms with Crippen molar-refractivity contribution in [3.63, 3.8) is 0 Å². The molecule has 0 saturated carbocycles. The van der Waals surface area contributed by atoms with Crippen molar-refractivity contribution in [2.24, 2.45) is 5.92 Å². The van der Waals surface area contributed by atoms with Gasteiger partial charge in [0.15, 0.2) is 0 Å². The van der Waals surface area contributed by atoms with E-state index in [9.17, 15) is 26.8 Å². The Labute approximate surface area is 282 Å². The third-order valence-corrected chi connectivity index (χ3v) is 10.7. The van der Waals surface area contributed by atoms with E-state index in [0.717, 1.165) is 23.3 Å². The minimum atomic E-state index is -4.19. The van der Waals surface area contributed by atoms with Crippen LogP contribution < -0.4 is 14.9 Å². The van der Waals surface area contributed by atoms with Gasteiger partial charge in [-0.3, -0.25) is 14.5 Å². The Hall–Kier alpha value is -4.39. The number of thiophene rings is 1. The van der Waals surface area contributed by atoms with Crippen LogP contribution in [-0.2, 0) is 34.5 Å². The minimum absolute atomic E-state index is 0.130. The van der Waals surface area contributed by atoms with Gasteiger partial charge in [-0.05, 0) is 61.9 Å². The molecule has 1 amide bonds. The molecular weight excluding hydrogens is 657 g/mol. The lowest BCUT2D eigenvalue weighted by atomic mass is 10.0. The van der Waals surface area contributed by atoms with Crippen LogP contribution in [0.5, 0.6) is 5.75 Å². The van der Waals surface area contributed by atoms with Crippen molar-refractivity contribution in [3.8, 4) is 16.2 Å². The number of rotatable bonds is 12. The minimum Gasteiger partial charge on any atom is -0.376 e. The molecule has 0 fully saturated rings. The smallest absolute Gasteiger partial charge is 0.311 e. The van der Waals surface area contributed by atoms with Crippen LogP contribution in [0.2, 0.25) is 0 Å². The molecule has 0 aliphatic carbocycles. The summed E-state index contributed by atoms with van der Waals surface area (Å²) in [5, 5.41) is 2.12. The fourth-order valence-corrected chi connectivity index (χ4v) is 6.97. The van der Waals surface area contributed by atoms with Crippen LogP contribution in [-0.4, -0.2) is 36.1 Å². The number of anilines is 1. The molecule has 0 bridgehead atoms. The summed E-state index contributed by atoms with van der Waals surface area (Å²) in [6.45, 7) is 6.96. The molecule has 8 nitrogen and oxygen atoms in total. The van der Waals surface area contributed by atoms with Crippen LogP contribution in [0.4, 0.5) is 14.5 Å². The van der Waals surface area contributed by atoms with Crippen molar-refractivity contribution < 1.29 is 26.2 Å². The van der Waals surface area contributed by atoms with Gasteiger partial charge >= 0.3 is 10.1 Å². The van der Waals surface area contributed by atoms with Gasteiger partial charge in [-0.15, -0.1) is 11.3 Å². The molecule has 0 spiro atoms. The van der Waals surface area contributed by atoms with Gasteiger partial charge in [0.25, 0.3) is 0 Å². The predicted molar refractivity (Wildman–Crippen MR) is 187 cm³/mol. The van der Waals surface area contributed by atoms with E-state index in [1.54, 1.807) is 26.0 Å². The summed E-state index contributed by atoms with van der Waals surface area (Å²) >= 11 is 1.25. The first-order chi connectivity index (χ1) is 22.7. The Kier molecular flexibility index (Phi) is 10.5. The number of fused-ring (bicyclic) bond motifs is 1. The first kappa shape index (κ1) is 34.9. The highest BCUT2D eigenvalue weighted by Crippen LogP contribution is 2.40. The van der Waals surface area contributed by atoms with E-state index < -0.39 is 38.2 Å². The number of hydrogen-bond acceptors (Lipinski definition) is 7. The molecule has 48 heavy (non-hydrogen) atoms. The number of pyridine rings is 1. The molecule has 5 rings (SSSR count). The number of carbonyl (C=O) groups is 1. The van der Waals surface area contributed by atoms with Crippen LogP contribution in [0.1, 0.15) is 44.4 Å². The largest absolute Gasteiger partial charge is 0.376 e. The van der Waals surface area contributed by atoms with Gasteiger partial charge in [-0.2, -0.15) is 8.42 Å². The molecule has 2 aromatic heterocycles. The van der Waals surface area contributed by atoms with E-state index in [1.807, 2.05) is 54.4 Å². The van der Waals surface area contributed by atoms with E-state index >= 15 is 0 Å². The molecule has 12 heteroatoms.